The van der Waals surface area contributed by atoms with Crippen LogP contribution >= 0.6 is 0 Å². The van der Waals surface area contributed by atoms with Gasteiger partial charge in [-0.15, -0.1) is 0 Å². The van der Waals surface area contributed by atoms with Crippen LogP contribution in [0.15, 0.2) is 36.4 Å². The molecule has 2 rings (SSSR count). The number of hydrogen-bond acceptors (Lipinski definition) is 4. The minimum atomic E-state index is -1.05. The van der Waals surface area contributed by atoms with Crippen LogP contribution in [-0.2, 0) is 0 Å². The highest BCUT2D eigenvalue weighted by molar-refractivity contribution is 5.94. The molecule has 5 nitrogen and oxygen atoms in total. The Balaban J connectivity index is 2.42. The maximum absolute atomic E-state index is 10.9. The van der Waals surface area contributed by atoms with Crippen LogP contribution in [0.5, 0.6) is 0 Å². The van der Waals surface area contributed by atoms with E-state index in [1.807, 2.05) is 0 Å². The van der Waals surface area contributed by atoms with Gasteiger partial charge in [-0.1, -0.05) is 18.2 Å². The summed E-state index contributed by atoms with van der Waals surface area (Å²) in [5.41, 5.74) is 6.06. The van der Waals surface area contributed by atoms with Gasteiger partial charge in [0.05, 0.1) is 11.7 Å². The van der Waals surface area contributed by atoms with E-state index in [4.69, 9.17) is 10.8 Å². The summed E-state index contributed by atoms with van der Waals surface area (Å²) < 4.78 is 0. The van der Waals surface area contributed by atoms with Gasteiger partial charge in [-0.2, -0.15) is 0 Å². The Hall–Kier alpha value is -1.95. The van der Waals surface area contributed by atoms with Crippen molar-refractivity contribution in [3.8, 4) is 0 Å². The summed E-state index contributed by atoms with van der Waals surface area (Å²) in [5, 5.41) is 29.8. The summed E-state index contributed by atoms with van der Waals surface area (Å²) in [6.45, 7) is -0.0306. The number of aliphatic hydroxyl groups excluding tert-OH is 2. The standard InChI is InChI=1S/C14H15NO4/c15-7-12(16)13(17)10-3-1-9-6-11(14(18)19)4-2-8(9)5-10/h1-6,12-13,16-17H,7,15H2,(H,18,19). The fourth-order valence-electron chi connectivity index (χ4n) is 1.93. The molecule has 19 heavy (non-hydrogen) atoms. The molecule has 0 bridgehead atoms. The number of carboxylic acids is 1. The Bertz CT molecular complexity index is 611. The first-order chi connectivity index (χ1) is 9.02. The third kappa shape index (κ3) is 2.73. The van der Waals surface area contributed by atoms with Gasteiger partial charge in [-0.3, -0.25) is 0 Å². The number of hydrogen-bond donors (Lipinski definition) is 4. The third-order valence-corrected chi connectivity index (χ3v) is 3.06. The second-order valence-electron chi connectivity index (χ2n) is 4.37. The van der Waals surface area contributed by atoms with Gasteiger partial charge in [0.1, 0.15) is 6.10 Å². The normalized spacial score (nSPS) is 14.3. The lowest BCUT2D eigenvalue weighted by molar-refractivity contribution is 0.0244. The van der Waals surface area contributed by atoms with Crippen molar-refractivity contribution in [1.82, 2.24) is 0 Å². The molecule has 0 spiro atoms. The van der Waals surface area contributed by atoms with Crippen LogP contribution in [0.25, 0.3) is 10.8 Å². The van der Waals surface area contributed by atoms with Crippen molar-refractivity contribution in [3.05, 3.63) is 47.5 Å². The fraction of sp³-hybridized carbons (Fsp3) is 0.214. The van der Waals surface area contributed by atoms with Gasteiger partial charge in [0, 0.05) is 6.54 Å². The van der Waals surface area contributed by atoms with Crippen molar-refractivity contribution >= 4 is 16.7 Å². The van der Waals surface area contributed by atoms with Crippen molar-refractivity contribution in [1.29, 1.82) is 0 Å². The summed E-state index contributed by atoms with van der Waals surface area (Å²) in [5.74, 6) is -0.982. The van der Waals surface area contributed by atoms with Crippen molar-refractivity contribution in [3.63, 3.8) is 0 Å². The molecule has 5 heteroatoms. The minimum Gasteiger partial charge on any atom is -0.478 e. The van der Waals surface area contributed by atoms with E-state index in [1.54, 1.807) is 30.3 Å². The Morgan fingerprint density at radius 1 is 1.11 bits per heavy atom. The number of aliphatic hydroxyl groups is 2. The number of nitrogens with two attached hydrogens (primary N) is 1. The molecule has 5 N–H and O–H groups in total. The first-order valence-corrected chi connectivity index (χ1v) is 5.86. The van der Waals surface area contributed by atoms with E-state index in [0.717, 1.165) is 10.8 Å². The fourth-order valence-corrected chi connectivity index (χ4v) is 1.93. The molecule has 0 saturated heterocycles. The van der Waals surface area contributed by atoms with E-state index < -0.39 is 18.2 Å². The highest BCUT2D eigenvalue weighted by Crippen LogP contribution is 2.23. The number of carbonyl (C=O) groups is 1. The summed E-state index contributed by atoms with van der Waals surface area (Å²) in [6, 6.07) is 9.81. The van der Waals surface area contributed by atoms with Crippen LogP contribution in [0.4, 0.5) is 0 Å². The highest BCUT2D eigenvalue weighted by Gasteiger charge is 2.17. The number of fused-ring (bicyclic) bond motifs is 1. The van der Waals surface area contributed by atoms with E-state index >= 15 is 0 Å². The largest absolute Gasteiger partial charge is 0.478 e. The zero-order valence-corrected chi connectivity index (χ0v) is 10.2. The smallest absolute Gasteiger partial charge is 0.335 e. The Morgan fingerprint density at radius 3 is 2.37 bits per heavy atom. The van der Waals surface area contributed by atoms with E-state index in [-0.39, 0.29) is 12.1 Å². The van der Waals surface area contributed by atoms with Crippen LogP contribution in [0.2, 0.25) is 0 Å². The second-order valence-corrected chi connectivity index (χ2v) is 4.37. The zero-order chi connectivity index (χ0) is 14.0. The number of carboxylic acid groups (broad SMARTS) is 1. The van der Waals surface area contributed by atoms with Crippen molar-refractivity contribution in [2.24, 2.45) is 5.73 Å². The van der Waals surface area contributed by atoms with Crippen molar-refractivity contribution < 1.29 is 20.1 Å². The van der Waals surface area contributed by atoms with Crippen LogP contribution in [-0.4, -0.2) is 33.9 Å². The summed E-state index contributed by atoms with van der Waals surface area (Å²) >= 11 is 0. The van der Waals surface area contributed by atoms with Gasteiger partial charge >= 0.3 is 5.97 Å². The quantitative estimate of drug-likeness (QED) is 0.654. The first kappa shape index (κ1) is 13.5. The molecule has 0 fully saturated rings. The maximum atomic E-state index is 10.9. The molecule has 100 valence electrons. The molecule has 0 radical (unpaired) electrons. The minimum absolute atomic E-state index is 0.0306. The summed E-state index contributed by atoms with van der Waals surface area (Å²) in [7, 11) is 0. The summed E-state index contributed by atoms with van der Waals surface area (Å²) in [6.07, 6.45) is -2.07. The van der Waals surface area contributed by atoms with Gasteiger partial charge in [-0.05, 0) is 34.5 Å². The molecule has 0 aliphatic carbocycles. The number of rotatable bonds is 4. The molecular formula is C14H15NO4. The Kier molecular flexibility index (Phi) is 3.80. The first-order valence-electron chi connectivity index (χ1n) is 5.86. The SMILES string of the molecule is NCC(O)C(O)c1ccc2cc(C(=O)O)ccc2c1. The van der Waals surface area contributed by atoms with E-state index in [2.05, 4.69) is 0 Å². The number of aromatic carboxylic acids is 1. The predicted molar refractivity (Wildman–Crippen MR) is 70.9 cm³/mol. The predicted octanol–water partition coefficient (Wildman–Crippen LogP) is 0.891. The van der Waals surface area contributed by atoms with Gasteiger partial charge in [0.15, 0.2) is 0 Å². The molecular weight excluding hydrogens is 246 g/mol. The Labute approximate surface area is 109 Å². The molecule has 2 aromatic rings. The molecule has 2 unspecified atom stereocenters. The molecule has 0 saturated carbocycles. The average molecular weight is 261 g/mol. The van der Waals surface area contributed by atoms with E-state index in [1.165, 1.54) is 6.07 Å². The maximum Gasteiger partial charge on any atom is 0.335 e. The third-order valence-electron chi connectivity index (χ3n) is 3.06. The van der Waals surface area contributed by atoms with Crippen LogP contribution in [0.1, 0.15) is 22.0 Å². The molecule has 0 amide bonds. The average Bonchev–Trinajstić information content (AvgIpc) is 2.44. The van der Waals surface area contributed by atoms with E-state index in [9.17, 15) is 15.0 Å². The molecule has 2 aromatic carbocycles. The summed E-state index contributed by atoms with van der Waals surface area (Å²) in [4.78, 5) is 10.9. The van der Waals surface area contributed by atoms with Gasteiger partial charge < -0.3 is 21.1 Å². The van der Waals surface area contributed by atoms with Gasteiger partial charge in [-0.25, -0.2) is 4.79 Å². The molecule has 0 aliphatic heterocycles. The monoisotopic (exact) mass is 261 g/mol. The second kappa shape index (κ2) is 5.36. The molecule has 0 aliphatic rings. The van der Waals surface area contributed by atoms with Crippen LogP contribution in [0.3, 0.4) is 0 Å². The Morgan fingerprint density at radius 2 is 1.74 bits per heavy atom. The zero-order valence-electron chi connectivity index (χ0n) is 10.2. The van der Waals surface area contributed by atoms with Crippen molar-refractivity contribution in [2.75, 3.05) is 6.54 Å². The lowest BCUT2D eigenvalue weighted by atomic mass is 9.99. The lowest BCUT2D eigenvalue weighted by Gasteiger charge is -2.16. The molecule has 2 atom stereocenters. The van der Waals surface area contributed by atoms with Crippen LogP contribution in [0, 0.1) is 0 Å². The number of benzene rings is 2. The van der Waals surface area contributed by atoms with Gasteiger partial charge in [0.25, 0.3) is 0 Å². The molecule has 0 aromatic heterocycles. The van der Waals surface area contributed by atoms with Crippen LogP contribution < -0.4 is 5.73 Å². The highest BCUT2D eigenvalue weighted by atomic mass is 16.4. The van der Waals surface area contributed by atoms with E-state index in [0.29, 0.717) is 5.56 Å². The van der Waals surface area contributed by atoms with Crippen molar-refractivity contribution in [2.45, 2.75) is 12.2 Å². The lowest BCUT2D eigenvalue weighted by Crippen LogP contribution is -2.27. The topological polar surface area (TPSA) is 104 Å². The van der Waals surface area contributed by atoms with Gasteiger partial charge in [0.2, 0.25) is 0 Å². The molecule has 0 heterocycles.